The fraction of sp³-hybridized carbons (Fsp3) is 0.222. The summed E-state index contributed by atoms with van der Waals surface area (Å²) < 4.78 is 54.1. The molecule has 6 nitrogen and oxygen atoms in total. The fourth-order valence-electron chi connectivity index (χ4n) is 2.28. The van der Waals surface area contributed by atoms with Gasteiger partial charge in [-0.05, 0) is 29.8 Å². The van der Waals surface area contributed by atoms with Crippen LogP contribution < -0.4 is 19.6 Å². The summed E-state index contributed by atoms with van der Waals surface area (Å²) in [5, 5.41) is 3.25. The van der Waals surface area contributed by atoms with Crippen LogP contribution in [0.3, 0.4) is 0 Å². The van der Waals surface area contributed by atoms with E-state index in [9.17, 15) is 18.0 Å². The highest BCUT2D eigenvalue weighted by Gasteiger charge is 2.33. The maximum atomic E-state index is 12.9. The normalized spacial score (nSPS) is 11.4. The van der Waals surface area contributed by atoms with Gasteiger partial charge in [-0.1, -0.05) is 17.7 Å². The second kappa shape index (κ2) is 8.83. The smallest absolute Gasteiger partial charge is 0.417 e. The highest BCUT2D eigenvalue weighted by Crippen LogP contribution is 2.38. The number of methoxy groups -OCH3 is 3. The molecule has 0 aromatic heterocycles. The van der Waals surface area contributed by atoms with Crippen molar-refractivity contribution in [3.8, 4) is 17.2 Å². The predicted molar refractivity (Wildman–Crippen MR) is 97.6 cm³/mol. The first-order valence-electron chi connectivity index (χ1n) is 7.71. The average molecular weight is 417 g/mol. The van der Waals surface area contributed by atoms with E-state index >= 15 is 0 Å². The van der Waals surface area contributed by atoms with Gasteiger partial charge in [0.25, 0.3) is 5.91 Å². The molecule has 2 rings (SSSR count). The van der Waals surface area contributed by atoms with Gasteiger partial charge in [-0.3, -0.25) is 4.79 Å². The largest absolute Gasteiger partial charge is 0.493 e. The molecule has 0 atom stereocenters. The van der Waals surface area contributed by atoms with E-state index in [0.29, 0.717) is 5.75 Å². The Hall–Kier alpha value is -2.94. The molecule has 0 saturated heterocycles. The molecular weight excluding hydrogens is 401 g/mol. The van der Waals surface area contributed by atoms with Crippen LogP contribution in [0.4, 0.5) is 13.2 Å². The van der Waals surface area contributed by atoms with Crippen LogP contribution in [0.1, 0.15) is 21.5 Å². The number of carbonyl (C=O) groups is 1. The third-order valence-electron chi connectivity index (χ3n) is 3.60. The number of benzene rings is 2. The van der Waals surface area contributed by atoms with E-state index in [1.54, 1.807) is 0 Å². The number of rotatable bonds is 6. The Balaban J connectivity index is 2.21. The number of ether oxygens (including phenoxy) is 3. The summed E-state index contributed by atoms with van der Waals surface area (Å²) in [6, 6.07) is 6.10. The molecule has 0 unspecified atom stereocenters. The molecule has 150 valence electrons. The van der Waals surface area contributed by atoms with Crippen molar-refractivity contribution in [2.24, 2.45) is 5.10 Å². The first kappa shape index (κ1) is 21.4. The second-order valence-corrected chi connectivity index (χ2v) is 5.76. The molecule has 2 aromatic carbocycles. The van der Waals surface area contributed by atoms with Crippen LogP contribution in [0.25, 0.3) is 0 Å². The van der Waals surface area contributed by atoms with Gasteiger partial charge >= 0.3 is 6.18 Å². The van der Waals surface area contributed by atoms with Gasteiger partial charge in [0, 0.05) is 5.56 Å². The number of hydrogen-bond acceptors (Lipinski definition) is 5. The van der Waals surface area contributed by atoms with Gasteiger partial charge in [-0.25, -0.2) is 5.43 Å². The van der Waals surface area contributed by atoms with E-state index in [-0.39, 0.29) is 22.6 Å². The molecule has 0 aliphatic heterocycles. The zero-order valence-electron chi connectivity index (χ0n) is 15.1. The molecule has 28 heavy (non-hydrogen) atoms. The van der Waals surface area contributed by atoms with Crippen LogP contribution in [0, 0.1) is 0 Å². The lowest BCUT2D eigenvalue weighted by Gasteiger charge is -2.13. The van der Waals surface area contributed by atoms with Crippen LogP contribution in [-0.4, -0.2) is 33.5 Å². The van der Waals surface area contributed by atoms with E-state index in [2.05, 4.69) is 10.5 Å². The molecule has 0 aliphatic carbocycles. The van der Waals surface area contributed by atoms with Gasteiger partial charge in [0.1, 0.15) is 0 Å². The monoisotopic (exact) mass is 416 g/mol. The summed E-state index contributed by atoms with van der Waals surface area (Å²) in [4.78, 5) is 12.3. The highest BCUT2D eigenvalue weighted by atomic mass is 35.5. The van der Waals surface area contributed by atoms with Crippen LogP contribution in [-0.2, 0) is 6.18 Å². The zero-order chi connectivity index (χ0) is 20.9. The Labute approximate surface area is 163 Å². The van der Waals surface area contributed by atoms with Crippen molar-refractivity contribution in [2.75, 3.05) is 21.3 Å². The summed E-state index contributed by atoms with van der Waals surface area (Å²) in [5.41, 5.74) is 1.50. The molecule has 1 N–H and O–H groups in total. The van der Waals surface area contributed by atoms with Crippen LogP contribution in [0.15, 0.2) is 35.4 Å². The predicted octanol–water partition coefficient (Wildman–Crippen LogP) is 4.15. The van der Waals surface area contributed by atoms with Crippen molar-refractivity contribution >= 4 is 23.7 Å². The van der Waals surface area contributed by atoms with Crippen LogP contribution in [0.2, 0.25) is 5.02 Å². The summed E-state index contributed by atoms with van der Waals surface area (Å²) in [5.74, 6) is 0.221. The first-order valence-corrected chi connectivity index (χ1v) is 8.09. The van der Waals surface area contributed by atoms with Gasteiger partial charge < -0.3 is 14.2 Å². The van der Waals surface area contributed by atoms with Crippen molar-refractivity contribution in [3.63, 3.8) is 0 Å². The summed E-state index contributed by atoms with van der Waals surface area (Å²) in [7, 11) is 4.22. The van der Waals surface area contributed by atoms with E-state index in [1.165, 1.54) is 39.5 Å². The van der Waals surface area contributed by atoms with Gasteiger partial charge in [0.15, 0.2) is 11.5 Å². The first-order chi connectivity index (χ1) is 13.2. The molecule has 1 amide bonds. The Morgan fingerprint density at radius 3 is 2.18 bits per heavy atom. The zero-order valence-corrected chi connectivity index (χ0v) is 15.8. The maximum Gasteiger partial charge on any atom is 0.417 e. The fourth-order valence-corrected chi connectivity index (χ4v) is 2.51. The Morgan fingerprint density at radius 2 is 1.68 bits per heavy atom. The molecule has 0 heterocycles. The van der Waals surface area contributed by atoms with Crippen LogP contribution in [0.5, 0.6) is 17.2 Å². The summed E-state index contributed by atoms with van der Waals surface area (Å²) in [6.07, 6.45) is -3.53. The van der Waals surface area contributed by atoms with E-state index in [4.69, 9.17) is 25.8 Å². The van der Waals surface area contributed by atoms with Crippen LogP contribution >= 0.6 is 11.6 Å². The minimum Gasteiger partial charge on any atom is -0.493 e. The Kier molecular flexibility index (Phi) is 6.74. The molecule has 0 spiro atoms. The van der Waals surface area contributed by atoms with Gasteiger partial charge in [-0.2, -0.15) is 18.3 Å². The lowest BCUT2D eigenvalue weighted by Crippen LogP contribution is -2.18. The van der Waals surface area contributed by atoms with E-state index < -0.39 is 22.7 Å². The Morgan fingerprint density at radius 1 is 1.07 bits per heavy atom. The molecule has 0 aliphatic rings. The number of halogens is 4. The lowest BCUT2D eigenvalue weighted by atomic mass is 10.1. The molecule has 10 heteroatoms. The molecule has 2 aromatic rings. The number of carbonyl (C=O) groups excluding carboxylic acids is 1. The number of nitrogens with zero attached hydrogens (tertiary/aromatic N) is 1. The van der Waals surface area contributed by atoms with Crippen molar-refractivity contribution in [2.45, 2.75) is 6.18 Å². The number of nitrogens with one attached hydrogen (secondary N) is 1. The van der Waals surface area contributed by atoms with Crippen molar-refractivity contribution in [3.05, 3.63) is 52.0 Å². The Bertz CT molecular complexity index is 876. The van der Waals surface area contributed by atoms with Gasteiger partial charge in [0.2, 0.25) is 5.75 Å². The number of alkyl halides is 3. The number of hydrazone groups is 1. The van der Waals surface area contributed by atoms with Gasteiger partial charge in [0.05, 0.1) is 38.1 Å². The molecular formula is C18H16ClF3N2O4. The van der Waals surface area contributed by atoms with Gasteiger partial charge in [-0.15, -0.1) is 0 Å². The number of amides is 1. The van der Waals surface area contributed by atoms with Crippen molar-refractivity contribution < 1.29 is 32.2 Å². The minimum atomic E-state index is -4.60. The maximum absolute atomic E-state index is 12.9. The van der Waals surface area contributed by atoms with Crippen molar-refractivity contribution in [1.29, 1.82) is 0 Å². The summed E-state index contributed by atoms with van der Waals surface area (Å²) >= 11 is 5.56. The molecule has 0 radical (unpaired) electrons. The molecule has 0 saturated carbocycles. The SMILES string of the molecule is COc1cc(C(=O)NN=Cc2ccc(Cl)c(C(F)(F)F)c2)cc(OC)c1OC. The average Bonchev–Trinajstić information content (AvgIpc) is 2.66. The van der Waals surface area contributed by atoms with E-state index in [0.717, 1.165) is 18.3 Å². The molecule has 0 bridgehead atoms. The third kappa shape index (κ3) is 4.86. The van der Waals surface area contributed by atoms with Crippen molar-refractivity contribution in [1.82, 2.24) is 5.43 Å². The quantitative estimate of drug-likeness (QED) is 0.567. The second-order valence-electron chi connectivity index (χ2n) is 5.35. The summed E-state index contributed by atoms with van der Waals surface area (Å²) in [6.45, 7) is 0. The number of hydrogen-bond donors (Lipinski definition) is 1. The lowest BCUT2D eigenvalue weighted by molar-refractivity contribution is -0.137. The van der Waals surface area contributed by atoms with E-state index in [1.807, 2.05) is 0 Å². The highest BCUT2D eigenvalue weighted by molar-refractivity contribution is 6.31. The third-order valence-corrected chi connectivity index (χ3v) is 3.93. The standard InChI is InChI=1S/C18H16ClF3N2O4/c1-26-14-7-11(8-15(27-2)16(14)28-3)17(25)24-23-9-10-4-5-13(19)12(6-10)18(20,21)22/h4-9H,1-3H3,(H,24,25). The molecule has 0 fully saturated rings. The minimum absolute atomic E-state index is 0.113. The topological polar surface area (TPSA) is 69.2 Å².